The van der Waals surface area contributed by atoms with Gasteiger partial charge in [-0.3, -0.25) is 14.4 Å². The van der Waals surface area contributed by atoms with Gasteiger partial charge in [0.15, 0.2) is 0 Å². The number of nitrogens with one attached hydrogen (secondary N) is 2. The van der Waals surface area contributed by atoms with Crippen molar-refractivity contribution in [2.24, 2.45) is 0 Å². The van der Waals surface area contributed by atoms with Crippen LogP contribution in [-0.2, 0) is 14.4 Å². The lowest BCUT2D eigenvalue weighted by atomic mass is 10.1. The molecule has 0 radical (unpaired) electrons. The van der Waals surface area contributed by atoms with E-state index in [1.165, 1.54) is 4.90 Å². The number of carbonyl (C=O) groups excluding carboxylic acids is 2. The molecule has 1 fully saturated rings. The molecule has 2 amide bonds. The van der Waals surface area contributed by atoms with Crippen LogP contribution in [0.25, 0.3) is 0 Å². The van der Waals surface area contributed by atoms with Gasteiger partial charge >= 0.3 is 5.97 Å². The summed E-state index contributed by atoms with van der Waals surface area (Å²) in [6.07, 6.45) is 0.535. The van der Waals surface area contributed by atoms with E-state index in [1.807, 2.05) is 13.8 Å². The van der Waals surface area contributed by atoms with E-state index in [1.54, 1.807) is 0 Å². The molecule has 1 heterocycles. The summed E-state index contributed by atoms with van der Waals surface area (Å²) in [6.45, 7) is 4.81. The third-order valence-corrected chi connectivity index (χ3v) is 3.23. The van der Waals surface area contributed by atoms with Crippen LogP contribution >= 0.6 is 0 Å². The number of aliphatic carboxylic acids is 1. The third kappa shape index (κ3) is 4.51. The Morgan fingerprint density at radius 3 is 2.84 bits per heavy atom. The van der Waals surface area contributed by atoms with E-state index in [0.29, 0.717) is 13.1 Å². The summed E-state index contributed by atoms with van der Waals surface area (Å²) in [5.41, 5.74) is 0. The van der Waals surface area contributed by atoms with Gasteiger partial charge in [0.25, 0.3) is 0 Å². The summed E-state index contributed by atoms with van der Waals surface area (Å²) < 4.78 is 0. The Balaban J connectivity index is 2.63. The van der Waals surface area contributed by atoms with Crippen LogP contribution in [0.4, 0.5) is 0 Å². The fourth-order valence-electron chi connectivity index (χ4n) is 1.89. The Kier molecular flexibility index (Phi) is 5.75. The van der Waals surface area contributed by atoms with Gasteiger partial charge in [0.1, 0.15) is 6.04 Å². The van der Waals surface area contributed by atoms with Crippen molar-refractivity contribution in [3.05, 3.63) is 0 Å². The number of amides is 2. The van der Waals surface area contributed by atoms with Crippen LogP contribution in [0.15, 0.2) is 0 Å². The van der Waals surface area contributed by atoms with Crippen LogP contribution in [0.1, 0.15) is 26.7 Å². The van der Waals surface area contributed by atoms with Crippen LogP contribution < -0.4 is 10.6 Å². The second-order valence-corrected chi connectivity index (χ2v) is 4.68. The average molecular weight is 271 g/mol. The molecule has 0 aromatic heterocycles. The number of hydrogen-bond acceptors (Lipinski definition) is 4. The molecular formula is C12H21N3O4. The minimum absolute atomic E-state index is 0.123. The number of hydrogen-bond donors (Lipinski definition) is 3. The van der Waals surface area contributed by atoms with Crippen LogP contribution in [0, 0.1) is 0 Å². The van der Waals surface area contributed by atoms with Crippen LogP contribution in [0.3, 0.4) is 0 Å². The highest BCUT2D eigenvalue weighted by Gasteiger charge is 2.34. The van der Waals surface area contributed by atoms with Crippen LogP contribution in [-0.4, -0.2) is 59.5 Å². The maximum Gasteiger partial charge on any atom is 0.305 e. The van der Waals surface area contributed by atoms with E-state index in [9.17, 15) is 14.4 Å². The molecule has 1 saturated heterocycles. The van der Waals surface area contributed by atoms with Crippen molar-refractivity contribution >= 4 is 17.8 Å². The van der Waals surface area contributed by atoms with Crippen LogP contribution in [0.5, 0.6) is 0 Å². The van der Waals surface area contributed by atoms with Crippen LogP contribution in [0.2, 0.25) is 0 Å². The van der Waals surface area contributed by atoms with Crippen molar-refractivity contribution in [3.63, 3.8) is 0 Å². The fraction of sp³-hybridized carbons (Fsp3) is 0.750. The molecule has 7 heteroatoms. The van der Waals surface area contributed by atoms with Gasteiger partial charge in [-0.1, -0.05) is 6.92 Å². The highest BCUT2D eigenvalue weighted by atomic mass is 16.4. The zero-order valence-corrected chi connectivity index (χ0v) is 11.3. The van der Waals surface area contributed by atoms with Gasteiger partial charge in [-0.05, 0) is 13.3 Å². The predicted molar refractivity (Wildman–Crippen MR) is 68.5 cm³/mol. The van der Waals surface area contributed by atoms with E-state index in [2.05, 4.69) is 10.6 Å². The average Bonchev–Trinajstić information content (AvgIpc) is 2.37. The standard InChI is InChI=1S/C12H21N3O4/c1-3-8(2)14-7-10(16)15-5-4-13-12(19)9(15)6-11(17)18/h8-9,14H,3-7H2,1-2H3,(H,13,19)(H,17,18). The lowest BCUT2D eigenvalue weighted by Crippen LogP contribution is -2.59. The summed E-state index contributed by atoms with van der Waals surface area (Å²) in [5.74, 6) is -1.72. The van der Waals surface area contributed by atoms with E-state index < -0.39 is 17.9 Å². The Labute approximate surface area is 112 Å². The van der Waals surface area contributed by atoms with Gasteiger partial charge in [-0.2, -0.15) is 0 Å². The van der Waals surface area contributed by atoms with E-state index in [-0.39, 0.29) is 24.9 Å². The molecule has 1 aliphatic heterocycles. The molecule has 0 aromatic rings. The molecule has 2 unspecified atom stereocenters. The van der Waals surface area contributed by atoms with Gasteiger partial charge < -0.3 is 20.6 Å². The molecule has 7 nitrogen and oxygen atoms in total. The van der Waals surface area contributed by atoms with Crippen molar-refractivity contribution in [2.75, 3.05) is 19.6 Å². The Hall–Kier alpha value is -1.63. The molecule has 0 spiro atoms. The minimum atomic E-state index is -1.09. The predicted octanol–water partition coefficient (Wildman–Crippen LogP) is -0.824. The highest BCUT2D eigenvalue weighted by molar-refractivity contribution is 5.92. The first kappa shape index (κ1) is 15.4. The second kappa shape index (κ2) is 7.08. The Morgan fingerprint density at radius 1 is 1.58 bits per heavy atom. The van der Waals surface area contributed by atoms with E-state index in [4.69, 9.17) is 5.11 Å². The number of rotatable bonds is 6. The van der Waals surface area contributed by atoms with Gasteiger partial charge in [-0.25, -0.2) is 0 Å². The van der Waals surface area contributed by atoms with Crippen molar-refractivity contribution in [3.8, 4) is 0 Å². The molecule has 0 aliphatic carbocycles. The topological polar surface area (TPSA) is 98.7 Å². The number of carbonyl (C=O) groups is 3. The summed E-state index contributed by atoms with van der Waals surface area (Å²) in [4.78, 5) is 35.8. The number of nitrogens with zero attached hydrogens (tertiary/aromatic N) is 1. The van der Waals surface area contributed by atoms with Crippen molar-refractivity contribution < 1.29 is 19.5 Å². The lowest BCUT2D eigenvalue weighted by molar-refractivity contribution is -0.148. The highest BCUT2D eigenvalue weighted by Crippen LogP contribution is 2.09. The Bertz CT molecular complexity index is 359. The zero-order valence-electron chi connectivity index (χ0n) is 11.3. The fourth-order valence-corrected chi connectivity index (χ4v) is 1.89. The SMILES string of the molecule is CCC(C)NCC(=O)N1CCNC(=O)C1CC(=O)O. The maximum absolute atomic E-state index is 12.0. The van der Waals surface area contributed by atoms with Gasteiger partial charge in [0.2, 0.25) is 11.8 Å². The normalized spacial score (nSPS) is 20.8. The second-order valence-electron chi connectivity index (χ2n) is 4.68. The molecule has 2 atom stereocenters. The van der Waals surface area contributed by atoms with Crippen molar-refractivity contribution in [1.82, 2.24) is 15.5 Å². The summed E-state index contributed by atoms with van der Waals surface area (Å²) >= 11 is 0. The monoisotopic (exact) mass is 271 g/mol. The molecule has 108 valence electrons. The van der Waals surface area contributed by atoms with Gasteiger partial charge in [0.05, 0.1) is 13.0 Å². The number of carboxylic acid groups (broad SMARTS) is 1. The zero-order chi connectivity index (χ0) is 14.4. The third-order valence-electron chi connectivity index (χ3n) is 3.23. The minimum Gasteiger partial charge on any atom is -0.481 e. The first-order valence-corrected chi connectivity index (χ1v) is 6.48. The van der Waals surface area contributed by atoms with E-state index in [0.717, 1.165) is 6.42 Å². The van der Waals surface area contributed by atoms with Crippen molar-refractivity contribution in [1.29, 1.82) is 0 Å². The molecule has 0 aromatic carbocycles. The molecule has 19 heavy (non-hydrogen) atoms. The summed E-state index contributed by atoms with van der Waals surface area (Å²) in [7, 11) is 0. The largest absolute Gasteiger partial charge is 0.481 e. The van der Waals surface area contributed by atoms with E-state index >= 15 is 0 Å². The smallest absolute Gasteiger partial charge is 0.305 e. The first-order valence-electron chi connectivity index (χ1n) is 6.48. The molecular weight excluding hydrogens is 250 g/mol. The number of piperazine rings is 1. The van der Waals surface area contributed by atoms with Gasteiger partial charge in [0, 0.05) is 19.1 Å². The first-order chi connectivity index (χ1) is 8.95. The molecule has 1 rings (SSSR count). The molecule has 0 bridgehead atoms. The molecule has 0 saturated carbocycles. The van der Waals surface area contributed by atoms with Crippen molar-refractivity contribution in [2.45, 2.75) is 38.8 Å². The number of carboxylic acids is 1. The maximum atomic E-state index is 12.0. The van der Waals surface area contributed by atoms with Gasteiger partial charge in [-0.15, -0.1) is 0 Å². The quantitative estimate of drug-likeness (QED) is 0.586. The molecule has 3 N–H and O–H groups in total. The Morgan fingerprint density at radius 2 is 2.26 bits per heavy atom. The summed E-state index contributed by atoms with van der Waals surface area (Å²) in [6, 6.07) is -0.696. The molecule has 1 aliphatic rings. The summed E-state index contributed by atoms with van der Waals surface area (Å²) in [5, 5.41) is 14.4. The lowest BCUT2D eigenvalue weighted by Gasteiger charge is -2.34.